The Morgan fingerprint density at radius 1 is 1.39 bits per heavy atom. The van der Waals surface area contributed by atoms with Gasteiger partial charge in [0, 0.05) is 38.0 Å². The first-order valence-corrected chi connectivity index (χ1v) is 6.14. The molecule has 2 atom stereocenters. The van der Waals surface area contributed by atoms with Crippen LogP contribution in [0.3, 0.4) is 0 Å². The minimum absolute atomic E-state index is 0.132. The van der Waals surface area contributed by atoms with Crippen LogP contribution in [0.4, 0.5) is 11.4 Å². The van der Waals surface area contributed by atoms with Gasteiger partial charge in [-0.1, -0.05) is 6.92 Å². The molecule has 0 N–H and O–H groups in total. The molecule has 0 amide bonds. The molecule has 1 heterocycles. The Morgan fingerprint density at radius 2 is 2.06 bits per heavy atom. The molecule has 1 fully saturated rings. The summed E-state index contributed by atoms with van der Waals surface area (Å²) in [6.07, 6.45) is 1.31. The molecular formula is C13H18N2O3. The maximum atomic E-state index is 10.6. The van der Waals surface area contributed by atoms with Gasteiger partial charge >= 0.3 is 0 Å². The van der Waals surface area contributed by atoms with E-state index in [1.54, 1.807) is 31.4 Å². The van der Waals surface area contributed by atoms with Gasteiger partial charge in [0.2, 0.25) is 0 Å². The second-order valence-electron chi connectivity index (χ2n) is 4.76. The number of methoxy groups -OCH3 is 1. The van der Waals surface area contributed by atoms with Gasteiger partial charge in [0.1, 0.15) is 0 Å². The predicted molar refractivity (Wildman–Crippen MR) is 69.9 cm³/mol. The molecule has 5 heteroatoms. The van der Waals surface area contributed by atoms with Gasteiger partial charge in [0.25, 0.3) is 5.69 Å². The first-order chi connectivity index (χ1) is 8.61. The summed E-state index contributed by atoms with van der Waals surface area (Å²) in [6, 6.07) is 6.71. The highest BCUT2D eigenvalue weighted by Gasteiger charge is 2.26. The van der Waals surface area contributed by atoms with E-state index in [0.717, 1.165) is 25.2 Å². The van der Waals surface area contributed by atoms with Gasteiger partial charge < -0.3 is 9.64 Å². The van der Waals surface area contributed by atoms with Crippen LogP contribution in [0.2, 0.25) is 0 Å². The SMILES string of the molecule is COC1CN(c2ccc([N+](=O)[O-])cc2)CCC1C. The number of ether oxygens (including phenoxy) is 1. The zero-order valence-corrected chi connectivity index (χ0v) is 10.7. The van der Waals surface area contributed by atoms with Gasteiger partial charge in [-0.2, -0.15) is 0 Å². The van der Waals surface area contributed by atoms with Crippen LogP contribution in [0.15, 0.2) is 24.3 Å². The Hall–Kier alpha value is -1.62. The van der Waals surface area contributed by atoms with Crippen LogP contribution in [0, 0.1) is 16.0 Å². The van der Waals surface area contributed by atoms with Crippen molar-refractivity contribution in [2.75, 3.05) is 25.1 Å². The second kappa shape index (κ2) is 5.35. The molecule has 2 unspecified atom stereocenters. The minimum atomic E-state index is -0.375. The zero-order valence-electron chi connectivity index (χ0n) is 10.7. The van der Waals surface area contributed by atoms with Crippen molar-refractivity contribution in [3.05, 3.63) is 34.4 Å². The summed E-state index contributed by atoms with van der Waals surface area (Å²) < 4.78 is 5.47. The molecule has 0 saturated carbocycles. The number of piperidine rings is 1. The molecule has 1 aliphatic heterocycles. The molecule has 98 valence electrons. The number of benzene rings is 1. The summed E-state index contributed by atoms with van der Waals surface area (Å²) in [4.78, 5) is 12.4. The van der Waals surface area contributed by atoms with Crippen molar-refractivity contribution < 1.29 is 9.66 Å². The predicted octanol–water partition coefficient (Wildman–Crippen LogP) is 2.46. The smallest absolute Gasteiger partial charge is 0.269 e. The van der Waals surface area contributed by atoms with E-state index in [4.69, 9.17) is 4.74 Å². The van der Waals surface area contributed by atoms with Gasteiger partial charge in [-0.3, -0.25) is 10.1 Å². The third-order valence-electron chi connectivity index (χ3n) is 3.62. The standard InChI is InChI=1S/C13H18N2O3/c1-10-7-8-14(9-13(10)18-2)11-3-5-12(6-4-11)15(16)17/h3-6,10,13H,7-9H2,1-2H3. The number of rotatable bonds is 3. The molecule has 0 aromatic heterocycles. The average molecular weight is 250 g/mol. The molecule has 5 nitrogen and oxygen atoms in total. The molecular weight excluding hydrogens is 232 g/mol. The monoisotopic (exact) mass is 250 g/mol. The molecule has 0 bridgehead atoms. The first kappa shape index (κ1) is 12.8. The summed E-state index contributed by atoms with van der Waals surface area (Å²) in [6.45, 7) is 4.01. The first-order valence-electron chi connectivity index (χ1n) is 6.14. The maximum absolute atomic E-state index is 10.6. The van der Waals surface area contributed by atoms with Crippen molar-refractivity contribution >= 4 is 11.4 Å². The van der Waals surface area contributed by atoms with Crippen molar-refractivity contribution in [1.29, 1.82) is 0 Å². The zero-order chi connectivity index (χ0) is 13.1. The van der Waals surface area contributed by atoms with Crippen LogP contribution in [-0.2, 0) is 4.74 Å². The third-order valence-corrected chi connectivity index (χ3v) is 3.62. The van der Waals surface area contributed by atoms with E-state index in [0.29, 0.717) is 5.92 Å². The molecule has 2 rings (SSSR count). The largest absolute Gasteiger partial charge is 0.379 e. The molecule has 18 heavy (non-hydrogen) atoms. The van der Waals surface area contributed by atoms with E-state index < -0.39 is 0 Å². The average Bonchev–Trinajstić information content (AvgIpc) is 2.39. The van der Waals surface area contributed by atoms with Crippen LogP contribution in [0.5, 0.6) is 0 Å². The topological polar surface area (TPSA) is 55.6 Å². The van der Waals surface area contributed by atoms with Gasteiger partial charge in [-0.15, -0.1) is 0 Å². The number of nitro groups is 1. The van der Waals surface area contributed by atoms with Gasteiger partial charge in [0.05, 0.1) is 11.0 Å². The van der Waals surface area contributed by atoms with Crippen molar-refractivity contribution in [2.45, 2.75) is 19.4 Å². The molecule has 1 aliphatic rings. The lowest BCUT2D eigenvalue weighted by Gasteiger charge is -2.37. The third kappa shape index (κ3) is 2.61. The highest BCUT2D eigenvalue weighted by atomic mass is 16.6. The minimum Gasteiger partial charge on any atom is -0.379 e. The Bertz CT molecular complexity index is 419. The highest BCUT2D eigenvalue weighted by Crippen LogP contribution is 2.26. The fraction of sp³-hybridized carbons (Fsp3) is 0.538. The van der Waals surface area contributed by atoms with E-state index >= 15 is 0 Å². The van der Waals surface area contributed by atoms with Crippen LogP contribution in [0.1, 0.15) is 13.3 Å². The lowest BCUT2D eigenvalue weighted by Crippen LogP contribution is -2.43. The van der Waals surface area contributed by atoms with Crippen LogP contribution in [0.25, 0.3) is 0 Å². The summed E-state index contributed by atoms with van der Waals surface area (Å²) in [7, 11) is 1.74. The lowest BCUT2D eigenvalue weighted by atomic mass is 9.95. The van der Waals surface area contributed by atoms with Gasteiger partial charge in [-0.05, 0) is 24.5 Å². The van der Waals surface area contributed by atoms with E-state index in [9.17, 15) is 10.1 Å². The molecule has 1 aromatic rings. The fourth-order valence-corrected chi connectivity index (χ4v) is 2.36. The number of nitrogens with zero attached hydrogens (tertiary/aromatic N) is 2. The van der Waals surface area contributed by atoms with Crippen molar-refractivity contribution in [2.24, 2.45) is 5.92 Å². The summed E-state index contributed by atoms with van der Waals surface area (Å²) >= 11 is 0. The number of hydrogen-bond acceptors (Lipinski definition) is 4. The maximum Gasteiger partial charge on any atom is 0.269 e. The highest BCUT2D eigenvalue weighted by molar-refractivity contribution is 5.51. The Morgan fingerprint density at radius 3 is 2.61 bits per heavy atom. The molecule has 0 radical (unpaired) electrons. The molecule has 0 spiro atoms. The van der Waals surface area contributed by atoms with Crippen molar-refractivity contribution in [3.63, 3.8) is 0 Å². The van der Waals surface area contributed by atoms with Crippen LogP contribution >= 0.6 is 0 Å². The normalized spacial score (nSPS) is 24.0. The number of anilines is 1. The van der Waals surface area contributed by atoms with E-state index in [-0.39, 0.29) is 16.7 Å². The number of non-ortho nitro benzene ring substituents is 1. The van der Waals surface area contributed by atoms with Crippen molar-refractivity contribution in [3.8, 4) is 0 Å². The van der Waals surface area contributed by atoms with Gasteiger partial charge in [0.15, 0.2) is 0 Å². The molecule has 1 saturated heterocycles. The van der Waals surface area contributed by atoms with E-state index in [2.05, 4.69) is 11.8 Å². The Balaban J connectivity index is 2.09. The van der Waals surface area contributed by atoms with Gasteiger partial charge in [-0.25, -0.2) is 0 Å². The fourth-order valence-electron chi connectivity index (χ4n) is 2.36. The Kier molecular flexibility index (Phi) is 3.81. The summed E-state index contributed by atoms with van der Waals surface area (Å²) in [5.41, 5.74) is 1.15. The Labute approximate surface area is 107 Å². The van der Waals surface area contributed by atoms with E-state index in [1.165, 1.54) is 0 Å². The summed E-state index contributed by atoms with van der Waals surface area (Å²) in [5.74, 6) is 0.560. The molecule has 0 aliphatic carbocycles. The number of hydrogen-bond donors (Lipinski definition) is 0. The molecule has 1 aromatic carbocycles. The second-order valence-corrected chi connectivity index (χ2v) is 4.76. The van der Waals surface area contributed by atoms with E-state index in [1.807, 2.05) is 0 Å². The van der Waals surface area contributed by atoms with Crippen molar-refractivity contribution in [1.82, 2.24) is 0 Å². The van der Waals surface area contributed by atoms with Crippen LogP contribution in [-0.4, -0.2) is 31.2 Å². The quantitative estimate of drug-likeness (QED) is 0.610. The summed E-state index contributed by atoms with van der Waals surface area (Å²) in [5, 5.41) is 10.6. The number of nitro benzene ring substituents is 1. The lowest BCUT2D eigenvalue weighted by molar-refractivity contribution is -0.384. The van der Waals surface area contributed by atoms with Crippen LogP contribution < -0.4 is 4.90 Å².